The standard InChI is InChI=1S/C8H12O3/c1-3-6(5-9)8(11)7(10)4-2/h5-6H,3-4H2,1-2H3. The molecule has 0 saturated heterocycles. The van der Waals surface area contributed by atoms with Crippen LogP contribution in [-0.2, 0) is 14.4 Å². The van der Waals surface area contributed by atoms with Crippen molar-refractivity contribution in [1.82, 2.24) is 0 Å². The number of rotatable bonds is 5. The molecule has 0 heterocycles. The zero-order valence-electron chi connectivity index (χ0n) is 6.79. The summed E-state index contributed by atoms with van der Waals surface area (Å²) in [7, 11) is 0. The predicted octanol–water partition coefficient (Wildman–Crippen LogP) is 0.760. The summed E-state index contributed by atoms with van der Waals surface area (Å²) in [5.41, 5.74) is 0. The van der Waals surface area contributed by atoms with E-state index in [0.29, 0.717) is 12.7 Å². The van der Waals surface area contributed by atoms with E-state index in [9.17, 15) is 14.4 Å². The number of carbonyl (C=O) groups excluding carboxylic acids is 3. The van der Waals surface area contributed by atoms with Gasteiger partial charge in [-0.05, 0) is 6.42 Å². The highest BCUT2D eigenvalue weighted by Crippen LogP contribution is 2.02. The third kappa shape index (κ3) is 2.62. The molecule has 0 aliphatic heterocycles. The van der Waals surface area contributed by atoms with Crippen molar-refractivity contribution >= 4 is 17.9 Å². The largest absolute Gasteiger partial charge is 0.303 e. The quantitative estimate of drug-likeness (QED) is 0.335. The van der Waals surface area contributed by atoms with Gasteiger partial charge in [-0.1, -0.05) is 13.8 Å². The van der Waals surface area contributed by atoms with E-state index in [1.54, 1.807) is 13.8 Å². The van der Waals surface area contributed by atoms with Crippen LogP contribution in [0.15, 0.2) is 0 Å². The molecular formula is C8H12O3. The summed E-state index contributed by atoms with van der Waals surface area (Å²) in [5, 5.41) is 0. The second kappa shape index (κ2) is 4.77. The van der Waals surface area contributed by atoms with Gasteiger partial charge in [-0.2, -0.15) is 0 Å². The summed E-state index contributed by atoms with van der Waals surface area (Å²) in [6.45, 7) is 3.32. The van der Waals surface area contributed by atoms with Crippen LogP contribution in [-0.4, -0.2) is 17.9 Å². The summed E-state index contributed by atoms with van der Waals surface area (Å²) in [4.78, 5) is 31.9. The molecule has 0 spiro atoms. The van der Waals surface area contributed by atoms with E-state index in [1.165, 1.54) is 0 Å². The average Bonchev–Trinajstić information content (AvgIpc) is 2.05. The Hall–Kier alpha value is -0.990. The molecule has 0 aliphatic rings. The molecule has 3 heteroatoms. The first-order valence-corrected chi connectivity index (χ1v) is 3.69. The maximum Gasteiger partial charge on any atom is 0.208 e. The molecule has 0 radical (unpaired) electrons. The first-order valence-electron chi connectivity index (χ1n) is 3.69. The van der Waals surface area contributed by atoms with Crippen molar-refractivity contribution in [2.45, 2.75) is 26.7 Å². The Bertz CT molecular complexity index is 172. The number of carbonyl (C=O) groups is 3. The van der Waals surface area contributed by atoms with Gasteiger partial charge in [-0.15, -0.1) is 0 Å². The Balaban J connectivity index is 4.20. The van der Waals surface area contributed by atoms with Crippen LogP contribution >= 0.6 is 0 Å². The molecular weight excluding hydrogens is 144 g/mol. The lowest BCUT2D eigenvalue weighted by atomic mass is 9.99. The summed E-state index contributed by atoms with van der Waals surface area (Å²) in [6, 6.07) is 0. The van der Waals surface area contributed by atoms with Crippen LogP contribution in [0.2, 0.25) is 0 Å². The molecule has 0 aromatic heterocycles. The van der Waals surface area contributed by atoms with Gasteiger partial charge in [0.2, 0.25) is 5.78 Å². The number of hydrogen-bond acceptors (Lipinski definition) is 3. The van der Waals surface area contributed by atoms with Gasteiger partial charge in [0.15, 0.2) is 5.78 Å². The topological polar surface area (TPSA) is 51.2 Å². The Morgan fingerprint density at radius 3 is 2.18 bits per heavy atom. The molecule has 0 rings (SSSR count). The Kier molecular flexibility index (Phi) is 4.34. The van der Waals surface area contributed by atoms with Gasteiger partial charge < -0.3 is 4.79 Å². The van der Waals surface area contributed by atoms with Crippen molar-refractivity contribution in [3.05, 3.63) is 0 Å². The van der Waals surface area contributed by atoms with Crippen LogP contribution in [0.4, 0.5) is 0 Å². The van der Waals surface area contributed by atoms with E-state index in [4.69, 9.17) is 0 Å². The minimum absolute atomic E-state index is 0.184. The summed E-state index contributed by atoms with van der Waals surface area (Å²) < 4.78 is 0. The van der Waals surface area contributed by atoms with Gasteiger partial charge in [-0.3, -0.25) is 9.59 Å². The molecule has 0 aromatic carbocycles. The van der Waals surface area contributed by atoms with E-state index in [2.05, 4.69) is 0 Å². The molecule has 0 amide bonds. The first kappa shape index (κ1) is 10.0. The van der Waals surface area contributed by atoms with Crippen LogP contribution in [0.3, 0.4) is 0 Å². The Morgan fingerprint density at radius 1 is 1.36 bits per heavy atom. The lowest BCUT2D eigenvalue weighted by Crippen LogP contribution is -2.23. The second-order valence-corrected chi connectivity index (χ2v) is 2.29. The van der Waals surface area contributed by atoms with Gasteiger partial charge in [0.1, 0.15) is 6.29 Å². The number of Topliss-reactive ketones (excluding diaryl/α,β-unsaturated/α-hetero) is 2. The third-order valence-electron chi connectivity index (χ3n) is 1.54. The maximum absolute atomic E-state index is 11.0. The van der Waals surface area contributed by atoms with E-state index < -0.39 is 17.5 Å². The van der Waals surface area contributed by atoms with Crippen LogP contribution in [0, 0.1) is 5.92 Å². The molecule has 0 aliphatic carbocycles. The monoisotopic (exact) mass is 156 g/mol. The number of ketones is 2. The molecule has 1 atom stereocenters. The van der Waals surface area contributed by atoms with Crippen molar-refractivity contribution < 1.29 is 14.4 Å². The lowest BCUT2D eigenvalue weighted by Gasteiger charge is -2.01. The molecule has 0 N–H and O–H groups in total. The van der Waals surface area contributed by atoms with Crippen molar-refractivity contribution in [1.29, 1.82) is 0 Å². The van der Waals surface area contributed by atoms with E-state index in [-0.39, 0.29) is 6.42 Å². The van der Waals surface area contributed by atoms with Crippen molar-refractivity contribution in [3.63, 3.8) is 0 Å². The number of hydrogen-bond donors (Lipinski definition) is 0. The zero-order chi connectivity index (χ0) is 8.85. The predicted molar refractivity (Wildman–Crippen MR) is 40.2 cm³/mol. The molecule has 3 nitrogen and oxygen atoms in total. The lowest BCUT2D eigenvalue weighted by molar-refractivity contribution is -0.140. The molecule has 0 aromatic rings. The Morgan fingerprint density at radius 2 is 1.91 bits per heavy atom. The van der Waals surface area contributed by atoms with Gasteiger partial charge in [0.05, 0.1) is 5.92 Å². The molecule has 1 unspecified atom stereocenters. The molecule has 0 fully saturated rings. The SMILES string of the molecule is CCC(=O)C(=O)C(C=O)CC. The van der Waals surface area contributed by atoms with Gasteiger partial charge >= 0.3 is 0 Å². The maximum atomic E-state index is 11.0. The summed E-state index contributed by atoms with van der Waals surface area (Å²) >= 11 is 0. The molecule has 62 valence electrons. The summed E-state index contributed by atoms with van der Waals surface area (Å²) in [6.07, 6.45) is 1.13. The van der Waals surface area contributed by atoms with E-state index in [1.807, 2.05) is 0 Å². The zero-order valence-corrected chi connectivity index (χ0v) is 6.79. The fourth-order valence-corrected chi connectivity index (χ4v) is 0.724. The van der Waals surface area contributed by atoms with Gasteiger partial charge in [-0.25, -0.2) is 0 Å². The highest BCUT2D eigenvalue weighted by atomic mass is 16.2. The second-order valence-electron chi connectivity index (χ2n) is 2.29. The van der Waals surface area contributed by atoms with E-state index >= 15 is 0 Å². The molecule has 0 bridgehead atoms. The highest BCUT2D eigenvalue weighted by molar-refractivity contribution is 6.40. The minimum Gasteiger partial charge on any atom is -0.303 e. The van der Waals surface area contributed by atoms with Crippen LogP contribution in [0.5, 0.6) is 0 Å². The first-order chi connectivity index (χ1) is 5.17. The highest BCUT2D eigenvalue weighted by Gasteiger charge is 2.20. The fraction of sp³-hybridized carbons (Fsp3) is 0.625. The van der Waals surface area contributed by atoms with Crippen LogP contribution < -0.4 is 0 Å². The van der Waals surface area contributed by atoms with Crippen molar-refractivity contribution in [2.75, 3.05) is 0 Å². The summed E-state index contributed by atoms with van der Waals surface area (Å²) in [5.74, 6) is -1.73. The minimum atomic E-state index is -0.720. The van der Waals surface area contributed by atoms with Gasteiger partial charge in [0.25, 0.3) is 0 Å². The van der Waals surface area contributed by atoms with Crippen LogP contribution in [0.1, 0.15) is 26.7 Å². The number of aldehydes is 1. The average molecular weight is 156 g/mol. The fourth-order valence-electron chi connectivity index (χ4n) is 0.724. The normalized spacial score (nSPS) is 12.2. The van der Waals surface area contributed by atoms with Gasteiger partial charge in [0, 0.05) is 6.42 Å². The smallest absolute Gasteiger partial charge is 0.208 e. The van der Waals surface area contributed by atoms with Crippen molar-refractivity contribution in [2.24, 2.45) is 5.92 Å². The van der Waals surface area contributed by atoms with Crippen LogP contribution in [0.25, 0.3) is 0 Å². The van der Waals surface area contributed by atoms with E-state index in [0.717, 1.165) is 0 Å². The molecule has 0 saturated carbocycles. The Labute approximate surface area is 65.8 Å². The molecule has 11 heavy (non-hydrogen) atoms. The van der Waals surface area contributed by atoms with Crippen molar-refractivity contribution in [3.8, 4) is 0 Å². The third-order valence-corrected chi connectivity index (χ3v) is 1.54.